The molecule has 118 valence electrons. The fourth-order valence-corrected chi connectivity index (χ4v) is 2.92. The highest BCUT2D eigenvalue weighted by Gasteiger charge is 2.34. The van der Waals surface area contributed by atoms with Crippen LogP contribution in [0.25, 0.3) is 0 Å². The minimum absolute atomic E-state index is 0.164. The molecule has 20 heavy (non-hydrogen) atoms. The molecule has 0 spiro atoms. The molecule has 1 saturated heterocycles. The summed E-state index contributed by atoms with van der Waals surface area (Å²) in [5, 5.41) is 3.27. The molecule has 5 heteroatoms. The van der Waals surface area contributed by atoms with E-state index in [0.29, 0.717) is 6.04 Å². The van der Waals surface area contributed by atoms with Crippen molar-refractivity contribution in [1.82, 2.24) is 15.1 Å². The van der Waals surface area contributed by atoms with Crippen molar-refractivity contribution in [3.05, 3.63) is 0 Å². The van der Waals surface area contributed by atoms with Gasteiger partial charge in [0.15, 0.2) is 0 Å². The van der Waals surface area contributed by atoms with Crippen LogP contribution in [-0.2, 0) is 9.53 Å². The Hall–Kier alpha value is -0.650. The number of piperidine rings is 1. The fraction of sp³-hybridized carbons (Fsp3) is 0.933. The number of carbonyl (C=O) groups excluding carboxylic acids is 1. The molecule has 1 atom stereocenters. The second kappa shape index (κ2) is 7.96. The van der Waals surface area contributed by atoms with Crippen LogP contribution >= 0.6 is 0 Å². The van der Waals surface area contributed by atoms with Crippen molar-refractivity contribution in [3.63, 3.8) is 0 Å². The monoisotopic (exact) mass is 285 g/mol. The molecular weight excluding hydrogens is 254 g/mol. The first kappa shape index (κ1) is 17.4. The number of rotatable bonds is 7. The van der Waals surface area contributed by atoms with Gasteiger partial charge in [0.25, 0.3) is 0 Å². The molecule has 0 aromatic carbocycles. The summed E-state index contributed by atoms with van der Waals surface area (Å²) < 4.78 is 4.93. The van der Waals surface area contributed by atoms with E-state index in [-0.39, 0.29) is 5.97 Å². The second-order valence-electron chi connectivity index (χ2n) is 6.14. The van der Waals surface area contributed by atoms with Crippen molar-refractivity contribution in [2.75, 3.05) is 47.4 Å². The maximum Gasteiger partial charge on any atom is 0.325 e. The quantitative estimate of drug-likeness (QED) is 0.706. The molecule has 1 aliphatic heterocycles. The summed E-state index contributed by atoms with van der Waals surface area (Å²) in [7, 11) is 5.76. The number of ether oxygens (including phenoxy) is 1. The zero-order valence-electron chi connectivity index (χ0n) is 13.7. The van der Waals surface area contributed by atoms with Gasteiger partial charge in [0, 0.05) is 12.6 Å². The topological polar surface area (TPSA) is 44.8 Å². The maximum atomic E-state index is 11.9. The number of hydrogen-bond donors (Lipinski definition) is 1. The van der Waals surface area contributed by atoms with Gasteiger partial charge in [0.2, 0.25) is 0 Å². The Balaban J connectivity index is 2.43. The van der Waals surface area contributed by atoms with Crippen LogP contribution in [-0.4, -0.2) is 74.7 Å². The highest BCUT2D eigenvalue weighted by atomic mass is 16.5. The lowest BCUT2D eigenvalue weighted by atomic mass is 9.96. The number of likely N-dealkylation sites (N-methyl/N-ethyl adjacent to an activating group) is 1. The molecular formula is C15H31N3O2. The number of esters is 1. The highest BCUT2D eigenvalue weighted by Crippen LogP contribution is 2.18. The minimum Gasteiger partial charge on any atom is -0.468 e. The average molecular weight is 285 g/mol. The van der Waals surface area contributed by atoms with Crippen LogP contribution in [0.3, 0.4) is 0 Å². The van der Waals surface area contributed by atoms with E-state index in [2.05, 4.69) is 29.2 Å². The van der Waals surface area contributed by atoms with Crippen molar-refractivity contribution in [2.24, 2.45) is 0 Å². The first-order valence-corrected chi connectivity index (χ1v) is 7.65. The molecule has 1 aliphatic rings. The van der Waals surface area contributed by atoms with Gasteiger partial charge in [-0.1, -0.05) is 6.92 Å². The van der Waals surface area contributed by atoms with Crippen LogP contribution in [0.4, 0.5) is 0 Å². The lowest BCUT2D eigenvalue weighted by molar-refractivity contribution is -0.148. The molecule has 0 amide bonds. The van der Waals surface area contributed by atoms with E-state index >= 15 is 0 Å². The molecule has 1 unspecified atom stereocenters. The smallest absolute Gasteiger partial charge is 0.325 e. The Morgan fingerprint density at radius 2 is 2.00 bits per heavy atom. The third-order valence-electron chi connectivity index (χ3n) is 4.42. The van der Waals surface area contributed by atoms with Crippen molar-refractivity contribution in [2.45, 2.75) is 44.7 Å². The van der Waals surface area contributed by atoms with Crippen molar-refractivity contribution >= 4 is 5.97 Å². The van der Waals surface area contributed by atoms with Crippen LogP contribution in [0.15, 0.2) is 0 Å². The SMILES string of the molecule is CCNC(C)(CCN1CCC(N(C)C)CC1)C(=O)OC. The van der Waals surface area contributed by atoms with Gasteiger partial charge in [0.05, 0.1) is 7.11 Å². The molecule has 1 N–H and O–H groups in total. The largest absolute Gasteiger partial charge is 0.468 e. The molecule has 1 fully saturated rings. The predicted molar refractivity (Wildman–Crippen MR) is 81.9 cm³/mol. The third kappa shape index (κ3) is 4.72. The Morgan fingerprint density at radius 3 is 2.45 bits per heavy atom. The van der Waals surface area contributed by atoms with Gasteiger partial charge >= 0.3 is 5.97 Å². The van der Waals surface area contributed by atoms with E-state index < -0.39 is 5.54 Å². The minimum atomic E-state index is -0.568. The maximum absolute atomic E-state index is 11.9. The summed E-state index contributed by atoms with van der Waals surface area (Å²) in [6, 6.07) is 0.701. The van der Waals surface area contributed by atoms with Gasteiger partial charge in [-0.15, -0.1) is 0 Å². The Labute approximate surface area is 123 Å². The van der Waals surface area contributed by atoms with Gasteiger partial charge in [-0.05, 0) is 59.9 Å². The molecule has 0 aliphatic carbocycles. The van der Waals surface area contributed by atoms with Crippen LogP contribution < -0.4 is 5.32 Å². The predicted octanol–water partition coefficient (Wildman–Crippen LogP) is 0.944. The molecule has 5 nitrogen and oxygen atoms in total. The molecule has 0 aromatic heterocycles. The standard InChI is InChI=1S/C15H31N3O2/c1-6-16-15(2,14(19)20-5)9-12-18-10-7-13(8-11-18)17(3)4/h13,16H,6-12H2,1-5H3. The number of likely N-dealkylation sites (tertiary alicyclic amines) is 1. The van der Waals surface area contributed by atoms with E-state index in [1.54, 1.807) is 0 Å². The summed E-state index contributed by atoms with van der Waals surface area (Å²) in [6.45, 7) is 7.91. The molecule has 0 aromatic rings. The lowest BCUT2D eigenvalue weighted by Gasteiger charge is -2.37. The van der Waals surface area contributed by atoms with Crippen LogP contribution in [0, 0.1) is 0 Å². The van der Waals surface area contributed by atoms with Crippen LogP contribution in [0.5, 0.6) is 0 Å². The van der Waals surface area contributed by atoms with Gasteiger partial charge in [-0.3, -0.25) is 4.79 Å². The van der Waals surface area contributed by atoms with E-state index in [1.165, 1.54) is 20.0 Å². The molecule has 1 heterocycles. The molecule has 1 rings (SSSR count). The molecule has 0 radical (unpaired) electrons. The zero-order valence-corrected chi connectivity index (χ0v) is 13.7. The zero-order chi connectivity index (χ0) is 15.2. The van der Waals surface area contributed by atoms with E-state index in [0.717, 1.165) is 32.6 Å². The summed E-state index contributed by atoms with van der Waals surface area (Å²) in [6.07, 6.45) is 3.21. The van der Waals surface area contributed by atoms with E-state index in [9.17, 15) is 4.79 Å². The summed E-state index contributed by atoms with van der Waals surface area (Å²) in [4.78, 5) is 16.7. The summed E-state index contributed by atoms with van der Waals surface area (Å²) >= 11 is 0. The number of carbonyl (C=O) groups is 1. The summed E-state index contributed by atoms with van der Waals surface area (Å²) in [5.41, 5.74) is -0.568. The first-order valence-electron chi connectivity index (χ1n) is 7.65. The van der Waals surface area contributed by atoms with E-state index in [4.69, 9.17) is 4.74 Å². The Kier molecular flexibility index (Phi) is 6.92. The van der Waals surface area contributed by atoms with Gasteiger partial charge in [-0.2, -0.15) is 0 Å². The number of nitrogens with zero attached hydrogens (tertiary/aromatic N) is 2. The Morgan fingerprint density at radius 1 is 1.40 bits per heavy atom. The number of hydrogen-bond acceptors (Lipinski definition) is 5. The summed E-state index contributed by atoms with van der Waals surface area (Å²) in [5.74, 6) is -0.164. The van der Waals surface area contributed by atoms with Crippen LogP contribution in [0.2, 0.25) is 0 Å². The number of nitrogens with one attached hydrogen (secondary N) is 1. The lowest BCUT2D eigenvalue weighted by Crippen LogP contribution is -2.52. The second-order valence-corrected chi connectivity index (χ2v) is 6.14. The third-order valence-corrected chi connectivity index (χ3v) is 4.42. The Bertz CT molecular complexity index is 301. The fourth-order valence-electron chi connectivity index (χ4n) is 2.92. The van der Waals surface area contributed by atoms with Crippen LogP contribution in [0.1, 0.15) is 33.1 Å². The van der Waals surface area contributed by atoms with Gasteiger partial charge < -0.3 is 19.9 Å². The van der Waals surface area contributed by atoms with Crippen molar-refractivity contribution < 1.29 is 9.53 Å². The van der Waals surface area contributed by atoms with Gasteiger partial charge in [0.1, 0.15) is 5.54 Å². The van der Waals surface area contributed by atoms with Crippen molar-refractivity contribution in [1.29, 1.82) is 0 Å². The van der Waals surface area contributed by atoms with Gasteiger partial charge in [-0.25, -0.2) is 0 Å². The highest BCUT2D eigenvalue weighted by molar-refractivity contribution is 5.80. The average Bonchev–Trinajstić information content (AvgIpc) is 2.45. The molecule has 0 bridgehead atoms. The number of methoxy groups -OCH3 is 1. The molecule has 0 saturated carbocycles. The van der Waals surface area contributed by atoms with Crippen molar-refractivity contribution in [3.8, 4) is 0 Å². The first-order chi connectivity index (χ1) is 9.42. The normalized spacial score (nSPS) is 20.9. The van der Waals surface area contributed by atoms with E-state index in [1.807, 2.05) is 13.8 Å².